The fourth-order valence-electron chi connectivity index (χ4n) is 1.66. The molecule has 0 bridgehead atoms. The lowest BCUT2D eigenvalue weighted by Crippen LogP contribution is -2.42. The first kappa shape index (κ1) is 16.6. The highest BCUT2D eigenvalue weighted by Crippen LogP contribution is 2.06. The Labute approximate surface area is 118 Å². The third-order valence-corrected chi connectivity index (χ3v) is 4.09. The molecule has 0 saturated heterocycles. The largest absolute Gasteiger partial charge is 0.480 e. The van der Waals surface area contributed by atoms with Gasteiger partial charge in [-0.05, 0) is 18.4 Å². The van der Waals surface area contributed by atoms with Gasteiger partial charge in [0.2, 0.25) is 10.0 Å². The van der Waals surface area contributed by atoms with Gasteiger partial charge in [-0.15, -0.1) is 0 Å². The predicted octanol–water partition coefficient (Wildman–Crippen LogP) is 0.638. The van der Waals surface area contributed by atoms with E-state index in [2.05, 4.69) is 9.46 Å². The second-order valence-corrected chi connectivity index (χ2v) is 6.22. The number of benzene rings is 1. The van der Waals surface area contributed by atoms with E-state index in [9.17, 15) is 13.2 Å². The number of ether oxygens (including phenoxy) is 1. The van der Waals surface area contributed by atoms with Gasteiger partial charge in [0.1, 0.15) is 6.04 Å². The van der Waals surface area contributed by atoms with E-state index in [1.807, 2.05) is 30.3 Å². The summed E-state index contributed by atoms with van der Waals surface area (Å²) >= 11 is 0. The highest BCUT2D eigenvalue weighted by atomic mass is 32.2. The van der Waals surface area contributed by atoms with Crippen molar-refractivity contribution in [1.82, 2.24) is 4.72 Å². The monoisotopic (exact) mass is 301 g/mol. The lowest BCUT2D eigenvalue weighted by Gasteiger charge is -2.14. The molecule has 0 heterocycles. The molecule has 0 aliphatic carbocycles. The Morgan fingerprint density at radius 1 is 1.35 bits per heavy atom. The Morgan fingerprint density at radius 2 is 2.00 bits per heavy atom. The summed E-state index contributed by atoms with van der Waals surface area (Å²) in [6.45, 7) is 0.0281. The highest BCUT2D eigenvalue weighted by molar-refractivity contribution is 7.89. The van der Waals surface area contributed by atoms with E-state index in [1.165, 1.54) is 7.11 Å². The molecule has 0 radical (unpaired) electrons. The van der Waals surface area contributed by atoms with Crippen molar-refractivity contribution < 1.29 is 23.1 Å². The molecule has 0 saturated carbocycles. The summed E-state index contributed by atoms with van der Waals surface area (Å²) in [5, 5.41) is 9.08. The molecule has 7 heteroatoms. The van der Waals surface area contributed by atoms with Crippen molar-refractivity contribution in [2.75, 3.05) is 19.5 Å². The smallest absolute Gasteiger partial charge is 0.321 e. The first-order chi connectivity index (χ1) is 9.44. The van der Waals surface area contributed by atoms with E-state index in [1.54, 1.807) is 0 Å². The molecule has 0 amide bonds. The van der Waals surface area contributed by atoms with Crippen LogP contribution in [0.4, 0.5) is 0 Å². The van der Waals surface area contributed by atoms with Crippen LogP contribution in [0.3, 0.4) is 0 Å². The molecule has 0 aliphatic heterocycles. The number of aryl methyl sites for hydroxylation is 1. The maximum atomic E-state index is 11.7. The average Bonchev–Trinajstić information content (AvgIpc) is 2.42. The standard InChI is InChI=1S/C13H19NO5S/c1-19-9-10-20(17,18)14-12(13(15)16)8-7-11-5-3-2-4-6-11/h2-6,12,14H,7-10H2,1H3,(H,15,16). The summed E-state index contributed by atoms with van der Waals surface area (Å²) in [7, 11) is -2.26. The van der Waals surface area contributed by atoms with Crippen molar-refractivity contribution in [3.8, 4) is 0 Å². The number of sulfonamides is 1. The molecule has 1 atom stereocenters. The number of carboxylic acids is 1. The molecular formula is C13H19NO5S. The Kier molecular flexibility index (Phi) is 6.63. The van der Waals surface area contributed by atoms with Crippen molar-refractivity contribution in [1.29, 1.82) is 0 Å². The number of carbonyl (C=O) groups is 1. The van der Waals surface area contributed by atoms with E-state index in [0.717, 1.165) is 5.56 Å². The summed E-state index contributed by atoms with van der Waals surface area (Å²) in [5.41, 5.74) is 0.967. The molecule has 1 aromatic carbocycles. The van der Waals surface area contributed by atoms with Gasteiger partial charge in [0, 0.05) is 7.11 Å². The van der Waals surface area contributed by atoms with Crippen molar-refractivity contribution >= 4 is 16.0 Å². The molecule has 112 valence electrons. The van der Waals surface area contributed by atoms with Crippen LogP contribution in [0.1, 0.15) is 12.0 Å². The second-order valence-electron chi connectivity index (χ2n) is 4.34. The molecule has 1 aromatic rings. The minimum atomic E-state index is -3.65. The quantitative estimate of drug-likeness (QED) is 0.698. The summed E-state index contributed by atoms with van der Waals surface area (Å²) in [5.74, 6) is -1.43. The van der Waals surface area contributed by atoms with Crippen molar-refractivity contribution in [3.63, 3.8) is 0 Å². The van der Waals surface area contributed by atoms with Crippen LogP contribution in [0.25, 0.3) is 0 Å². The number of hydrogen-bond donors (Lipinski definition) is 2. The summed E-state index contributed by atoms with van der Waals surface area (Å²) in [6, 6.07) is 8.20. The van der Waals surface area contributed by atoms with E-state index >= 15 is 0 Å². The van der Waals surface area contributed by atoms with Gasteiger partial charge in [-0.3, -0.25) is 4.79 Å². The highest BCUT2D eigenvalue weighted by Gasteiger charge is 2.23. The molecule has 6 nitrogen and oxygen atoms in total. The van der Waals surface area contributed by atoms with Gasteiger partial charge in [0.25, 0.3) is 0 Å². The van der Waals surface area contributed by atoms with E-state index in [-0.39, 0.29) is 18.8 Å². The molecular weight excluding hydrogens is 282 g/mol. The number of carboxylic acid groups (broad SMARTS) is 1. The summed E-state index contributed by atoms with van der Waals surface area (Å²) in [4.78, 5) is 11.1. The van der Waals surface area contributed by atoms with Crippen LogP contribution in [0.5, 0.6) is 0 Å². The van der Waals surface area contributed by atoms with Crippen LogP contribution >= 0.6 is 0 Å². The first-order valence-electron chi connectivity index (χ1n) is 6.20. The van der Waals surface area contributed by atoms with Gasteiger partial charge in [0.05, 0.1) is 12.4 Å². The number of hydrogen-bond acceptors (Lipinski definition) is 4. The van der Waals surface area contributed by atoms with Gasteiger partial charge in [-0.1, -0.05) is 30.3 Å². The van der Waals surface area contributed by atoms with Crippen LogP contribution in [0, 0.1) is 0 Å². The van der Waals surface area contributed by atoms with Gasteiger partial charge >= 0.3 is 5.97 Å². The summed E-state index contributed by atoms with van der Waals surface area (Å²) in [6.07, 6.45) is 0.691. The molecule has 1 rings (SSSR count). The third-order valence-electron chi connectivity index (χ3n) is 2.74. The number of rotatable bonds is 9. The zero-order chi connectivity index (χ0) is 15.0. The fourth-order valence-corrected chi connectivity index (χ4v) is 2.81. The molecule has 0 spiro atoms. The van der Waals surface area contributed by atoms with Gasteiger partial charge in [0.15, 0.2) is 0 Å². The molecule has 0 aliphatic rings. The van der Waals surface area contributed by atoms with Crippen molar-refractivity contribution in [3.05, 3.63) is 35.9 Å². The minimum Gasteiger partial charge on any atom is -0.480 e. The second kappa shape index (κ2) is 7.98. The Balaban J connectivity index is 2.59. The van der Waals surface area contributed by atoms with Gasteiger partial charge in [-0.25, -0.2) is 13.1 Å². The lowest BCUT2D eigenvalue weighted by atomic mass is 10.1. The number of aliphatic carboxylic acids is 1. The third kappa shape index (κ3) is 6.14. The molecule has 1 unspecified atom stereocenters. The van der Waals surface area contributed by atoms with Crippen molar-refractivity contribution in [2.24, 2.45) is 0 Å². The van der Waals surface area contributed by atoms with E-state index in [0.29, 0.717) is 6.42 Å². The van der Waals surface area contributed by atoms with E-state index in [4.69, 9.17) is 5.11 Å². The predicted molar refractivity (Wildman–Crippen MR) is 75.0 cm³/mol. The van der Waals surface area contributed by atoms with Crippen LogP contribution in [0.2, 0.25) is 0 Å². The maximum absolute atomic E-state index is 11.7. The molecule has 0 fully saturated rings. The zero-order valence-electron chi connectivity index (χ0n) is 11.3. The van der Waals surface area contributed by atoms with E-state index < -0.39 is 22.0 Å². The van der Waals surface area contributed by atoms with Gasteiger partial charge < -0.3 is 9.84 Å². The SMILES string of the molecule is COCCS(=O)(=O)NC(CCc1ccccc1)C(=O)O. The zero-order valence-corrected chi connectivity index (χ0v) is 12.1. The van der Waals surface area contributed by atoms with Crippen LogP contribution in [-0.4, -0.2) is 45.0 Å². The topological polar surface area (TPSA) is 92.7 Å². The molecule has 2 N–H and O–H groups in total. The first-order valence-corrected chi connectivity index (χ1v) is 7.85. The Hall–Kier alpha value is -1.44. The normalized spacial score (nSPS) is 13.1. The molecule has 20 heavy (non-hydrogen) atoms. The van der Waals surface area contributed by atoms with Crippen LogP contribution < -0.4 is 4.72 Å². The Morgan fingerprint density at radius 3 is 2.55 bits per heavy atom. The fraction of sp³-hybridized carbons (Fsp3) is 0.462. The number of methoxy groups -OCH3 is 1. The van der Waals surface area contributed by atoms with Gasteiger partial charge in [-0.2, -0.15) is 0 Å². The van der Waals surface area contributed by atoms with Crippen molar-refractivity contribution in [2.45, 2.75) is 18.9 Å². The number of nitrogens with one attached hydrogen (secondary N) is 1. The minimum absolute atomic E-state index is 0.0281. The lowest BCUT2D eigenvalue weighted by molar-refractivity contribution is -0.139. The Bertz CT molecular complexity index is 515. The van der Waals surface area contributed by atoms with Crippen LogP contribution in [-0.2, 0) is 26.0 Å². The molecule has 0 aromatic heterocycles. The average molecular weight is 301 g/mol. The summed E-state index contributed by atoms with van der Waals surface area (Å²) < 4.78 is 30.2. The van der Waals surface area contributed by atoms with Crippen LogP contribution in [0.15, 0.2) is 30.3 Å². The maximum Gasteiger partial charge on any atom is 0.321 e.